The van der Waals surface area contributed by atoms with Crippen molar-refractivity contribution in [3.63, 3.8) is 0 Å². The second-order valence-corrected chi connectivity index (χ2v) is 15.6. The molecule has 0 saturated carbocycles. The van der Waals surface area contributed by atoms with Crippen molar-refractivity contribution in [1.29, 1.82) is 0 Å². The molecule has 0 N–H and O–H groups in total. The Hall–Kier alpha value is -6.64. The summed E-state index contributed by atoms with van der Waals surface area (Å²) in [7, 11) is 0. The molecule has 2 heteroatoms. The molecule has 0 fully saturated rings. The van der Waals surface area contributed by atoms with E-state index < -0.39 is 0 Å². The van der Waals surface area contributed by atoms with Gasteiger partial charge in [0.15, 0.2) is 0 Å². The highest BCUT2D eigenvalue weighted by Crippen LogP contribution is 2.48. The van der Waals surface area contributed by atoms with Crippen molar-refractivity contribution < 1.29 is 0 Å². The Morgan fingerprint density at radius 3 is 1.33 bits per heavy atom. The molecule has 0 aliphatic carbocycles. The van der Waals surface area contributed by atoms with Crippen molar-refractivity contribution >= 4 is 82.8 Å². The third-order valence-corrected chi connectivity index (χ3v) is 10.8. The van der Waals surface area contributed by atoms with Crippen molar-refractivity contribution in [1.82, 2.24) is 0 Å². The molecule has 9 aromatic carbocycles. The molecule has 9 aromatic rings. The Kier molecular flexibility index (Phi) is 8.47. The van der Waals surface area contributed by atoms with E-state index in [4.69, 9.17) is 0 Å². The van der Waals surface area contributed by atoms with Gasteiger partial charge in [0.05, 0.1) is 11.4 Å². The zero-order chi connectivity index (χ0) is 37.7. The minimum Gasteiger partial charge on any atom is -0.310 e. The number of hydrogen-bond donors (Lipinski definition) is 0. The second-order valence-electron chi connectivity index (χ2n) is 15.6. The van der Waals surface area contributed by atoms with Gasteiger partial charge >= 0.3 is 0 Å². The number of benzene rings is 9. The van der Waals surface area contributed by atoms with Crippen molar-refractivity contribution in [2.75, 3.05) is 9.80 Å². The molecule has 0 saturated heterocycles. The average molecular weight is 709 g/mol. The van der Waals surface area contributed by atoms with Gasteiger partial charge in [-0.2, -0.15) is 0 Å². The second kappa shape index (κ2) is 13.6. The van der Waals surface area contributed by atoms with E-state index in [1.54, 1.807) is 0 Å². The van der Waals surface area contributed by atoms with E-state index in [2.05, 4.69) is 226 Å². The predicted octanol–water partition coefficient (Wildman–Crippen LogP) is 15.6. The highest BCUT2D eigenvalue weighted by molar-refractivity contribution is 6.14. The van der Waals surface area contributed by atoms with Crippen molar-refractivity contribution in [3.05, 3.63) is 200 Å². The number of para-hydroxylation sites is 2. The summed E-state index contributed by atoms with van der Waals surface area (Å²) in [4.78, 5) is 4.81. The number of nitrogens with zero attached hydrogens (tertiary/aromatic N) is 2. The Balaban J connectivity index is 1.32. The third-order valence-electron chi connectivity index (χ3n) is 10.8. The molecule has 0 atom stereocenters. The van der Waals surface area contributed by atoms with E-state index in [-0.39, 0.29) is 5.41 Å². The molecule has 0 radical (unpaired) electrons. The van der Waals surface area contributed by atoms with Crippen LogP contribution in [0.3, 0.4) is 0 Å². The van der Waals surface area contributed by atoms with Crippen LogP contribution >= 0.6 is 0 Å². The van der Waals surface area contributed by atoms with E-state index in [1.807, 2.05) is 0 Å². The van der Waals surface area contributed by atoms with Crippen LogP contribution in [0.5, 0.6) is 0 Å². The van der Waals surface area contributed by atoms with Crippen LogP contribution in [0.2, 0.25) is 0 Å². The van der Waals surface area contributed by atoms with E-state index in [9.17, 15) is 0 Å². The highest BCUT2D eigenvalue weighted by atomic mass is 15.1. The molecule has 0 bridgehead atoms. The molecule has 0 amide bonds. The fourth-order valence-electron chi connectivity index (χ4n) is 8.57. The molecule has 0 aromatic heterocycles. The van der Waals surface area contributed by atoms with Gasteiger partial charge in [-0.15, -0.1) is 0 Å². The van der Waals surface area contributed by atoms with Gasteiger partial charge in [0.1, 0.15) is 0 Å². The van der Waals surface area contributed by atoms with Crippen LogP contribution < -0.4 is 9.80 Å². The highest BCUT2D eigenvalue weighted by Gasteiger charge is 2.26. The lowest BCUT2D eigenvalue weighted by Gasteiger charge is -2.31. The van der Waals surface area contributed by atoms with Gasteiger partial charge in [-0.1, -0.05) is 149 Å². The van der Waals surface area contributed by atoms with Gasteiger partial charge < -0.3 is 9.80 Å². The summed E-state index contributed by atoms with van der Waals surface area (Å²) in [5.74, 6) is 0. The first-order chi connectivity index (χ1) is 26.8. The molecular formula is C53H44N2. The summed E-state index contributed by atoms with van der Waals surface area (Å²) in [6.45, 7) is 13.8. The SMILES string of the molecule is C=C(C)c1c2cc(N(c3ccccc3)c3cccc4ccccc34)ccc2c(C(C)(C)C)c2cc(N(c3ccccc3)c3cccc4ccccc34)ccc12. The Morgan fingerprint density at radius 2 is 0.836 bits per heavy atom. The van der Waals surface area contributed by atoms with Crippen LogP contribution in [-0.2, 0) is 5.41 Å². The van der Waals surface area contributed by atoms with Crippen LogP contribution in [0.15, 0.2) is 189 Å². The number of hydrogen-bond acceptors (Lipinski definition) is 2. The van der Waals surface area contributed by atoms with Crippen LogP contribution in [0.25, 0.3) is 48.7 Å². The zero-order valence-corrected chi connectivity index (χ0v) is 31.9. The molecule has 55 heavy (non-hydrogen) atoms. The summed E-state index contributed by atoms with van der Waals surface area (Å²) in [5, 5.41) is 9.79. The maximum atomic E-state index is 4.61. The number of allylic oxidation sites excluding steroid dienone is 1. The maximum absolute atomic E-state index is 4.61. The van der Waals surface area contributed by atoms with Crippen molar-refractivity contribution in [3.8, 4) is 0 Å². The molecule has 0 spiro atoms. The summed E-state index contributed by atoms with van der Waals surface area (Å²) in [6, 6.07) is 66.0. The number of fused-ring (bicyclic) bond motifs is 4. The van der Waals surface area contributed by atoms with Gasteiger partial charge in [-0.05, 0) is 122 Å². The third kappa shape index (κ3) is 6.01. The fourth-order valence-corrected chi connectivity index (χ4v) is 8.57. The molecule has 9 rings (SSSR count). The van der Waals surface area contributed by atoms with E-state index in [0.717, 1.165) is 39.7 Å². The summed E-state index contributed by atoms with van der Waals surface area (Å²) in [6.07, 6.45) is 0. The monoisotopic (exact) mass is 708 g/mol. The largest absolute Gasteiger partial charge is 0.310 e. The van der Waals surface area contributed by atoms with Crippen LogP contribution in [0.4, 0.5) is 34.1 Å². The Labute approximate surface area is 324 Å². The minimum atomic E-state index is -0.157. The van der Waals surface area contributed by atoms with Gasteiger partial charge in [0.2, 0.25) is 0 Å². The Morgan fingerprint density at radius 1 is 0.400 bits per heavy atom. The normalized spacial score (nSPS) is 11.7. The first kappa shape index (κ1) is 34.1. The van der Waals surface area contributed by atoms with E-state index in [1.165, 1.54) is 54.2 Å². The van der Waals surface area contributed by atoms with Crippen LogP contribution in [0, 0.1) is 0 Å². The first-order valence-electron chi connectivity index (χ1n) is 19.1. The number of anilines is 6. The lowest BCUT2D eigenvalue weighted by Crippen LogP contribution is -2.15. The lowest BCUT2D eigenvalue weighted by molar-refractivity contribution is 0.601. The smallest absolute Gasteiger partial charge is 0.0540 e. The summed E-state index contributed by atoms with van der Waals surface area (Å²) in [5.41, 5.74) is 10.2. The van der Waals surface area contributed by atoms with Gasteiger partial charge in [0.25, 0.3) is 0 Å². The number of rotatable bonds is 7. The summed E-state index contributed by atoms with van der Waals surface area (Å²) >= 11 is 0. The van der Waals surface area contributed by atoms with Crippen molar-refractivity contribution in [2.24, 2.45) is 0 Å². The molecular weight excluding hydrogens is 665 g/mol. The average Bonchev–Trinajstić information content (AvgIpc) is 3.20. The predicted molar refractivity (Wildman–Crippen MR) is 239 cm³/mol. The zero-order valence-electron chi connectivity index (χ0n) is 31.9. The van der Waals surface area contributed by atoms with Gasteiger partial charge in [-0.3, -0.25) is 0 Å². The maximum Gasteiger partial charge on any atom is 0.0540 e. The lowest BCUT2D eigenvalue weighted by atomic mass is 9.77. The molecule has 2 nitrogen and oxygen atoms in total. The summed E-state index contributed by atoms with van der Waals surface area (Å²) < 4.78 is 0. The Bertz CT molecular complexity index is 2870. The van der Waals surface area contributed by atoms with Gasteiger partial charge in [-0.25, -0.2) is 0 Å². The minimum absolute atomic E-state index is 0.157. The van der Waals surface area contributed by atoms with Crippen molar-refractivity contribution in [2.45, 2.75) is 33.1 Å². The molecule has 0 aliphatic rings. The molecule has 266 valence electrons. The molecule has 0 aliphatic heterocycles. The standard InChI is InChI=1S/C53H44N2/c1-36(2)51-45-32-30-42(55(40-24-10-7-11-25-40)50-29-17-21-38-19-13-15-27-44(38)50)35-48(45)52(53(3,4)5)46-33-31-41(34-47(46)51)54(39-22-8-6-9-23-39)49-28-16-20-37-18-12-14-26-43(37)49/h6-35H,1H2,2-5H3. The quantitative estimate of drug-likeness (QED) is 0.152. The van der Waals surface area contributed by atoms with Crippen LogP contribution in [-0.4, -0.2) is 0 Å². The fraction of sp³-hybridized carbons (Fsp3) is 0.0943. The van der Waals surface area contributed by atoms with E-state index in [0.29, 0.717) is 0 Å². The van der Waals surface area contributed by atoms with Crippen LogP contribution in [0.1, 0.15) is 38.8 Å². The van der Waals surface area contributed by atoms with Gasteiger partial charge in [0, 0.05) is 33.5 Å². The van der Waals surface area contributed by atoms with E-state index >= 15 is 0 Å². The topological polar surface area (TPSA) is 6.48 Å². The first-order valence-corrected chi connectivity index (χ1v) is 19.1. The molecule has 0 unspecified atom stereocenters. The molecule has 0 heterocycles.